The normalized spacial score (nSPS) is 13.3. The Morgan fingerprint density at radius 1 is 1.53 bits per heavy atom. The van der Waals surface area contributed by atoms with Gasteiger partial charge in [0.05, 0.1) is 16.7 Å². The van der Waals surface area contributed by atoms with Gasteiger partial charge in [-0.15, -0.1) is 0 Å². The van der Waals surface area contributed by atoms with Crippen LogP contribution < -0.4 is 0 Å². The van der Waals surface area contributed by atoms with Gasteiger partial charge in [0.25, 0.3) is 0 Å². The highest BCUT2D eigenvalue weighted by atomic mass is 32.2. The van der Waals surface area contributed by atoms with Crippen LogP contribution in [0.15, 0.2) is 12.5 Å². The number of nitrogens with zero attached hydrogens (tertiary/aromatic N) is 2. The van der Waals surface area contributed by atoms with Crippen molar-refractivity contribution < 1.29 is 18.3 Å². The predicted molar refractivity (Wildman–Crippen MR) is 61.4 cm³/mol. The Labute approximate surface area is 99.6 Å². The van der Waals surface area contributed by atoms with Crippen LogP contribution in [0.3, 0.4) is 0 Å². The molecular formula is C10H14N2O4S. The Balaban J connectivity index is 3.08. The average molecular weight is 258 g/mol. The van der Waals surface area contributed by atoms with Gasteiger partial charge >= 0.3 is 5.97 Å². The van der Waals surface area contributed by atoms with Crippen molar-refractivity contribution in [3.8, 4) is 0 Å². The number of hydrogen-bond acceptors (Lipinski definition) is 5. The summed E-state index contributed by atoms with van der Waals surface area (Å²) in [5.41, 5.74) is -0.132. The molecule has 0 saturated heterocycles. The molecule has 0 aliphatic carbocycles. The average Bonchev–Trinajstić information content (AvgIpc) is 2.27. The van der Waals surface area contributed by atoms with Crippen LogP contribution in [-0.4, -0.2) is 34.7 Å². The van der Waals surface area contributed by atoms with E-state index in [0.29, 0.717) is 6.42 Å². The van der Waals surface area contributed by atoms with E-state index in [2.05, 4.69) is 9.97 Å². The standard InChI is InChI=1S/C10H14N2O4S/c1-3-7(2)17(15,16)5-9-8(10(13)14)4-11-6-12-9/h4,6-7H,3,5H2,1-2H3,(H,13,14). The van der Waals surface area contributed by atoms with Crippen molar-refractivity contribution in [3.63, 3.8) is 0 Å². The van der Waals surface area contributed by atoms with Gasteiger partial charge in [-0.2, -0.15) is 0 Å². The fourth-order valence-corrected chi connectivity index (χ4v) is 2.64. The summed E-state index contributed by atoms with van der Waals surface area (Å²) in [4.78, 5) is 18.2. The van der Waals surface area contributed by atoms with E-state index in [0.717, 1.165) is 12.5 Å². The maximum Gasteiger partial charge on any atom is 0.339 e. The van der Waals surface area contributed by atoms with Crippen molar-refractivity contribution >= 4 is 15.8 Å². The molecule has 0 saturated carbocycles. The van der Waals surface area contributed by atoms with Crippen LogP contribution in [0.5, 0.6) is 0 Å². The third-order valence-electron chi connectivity index (χ3n) is 2.55. The molecule has 1 rings (SSSR count). The topological polar surface area (TPSA) is 97.2 Å². The SMILES string of the molecule is CCC(C)S(=O)(=O)Cc1ncncc1C(=O)O. The van der Waals surface area contributed by atoms with Gasteiger partial charge in [0.2, 0.25) is 0 Å². The Morgan fingerprint density at radius 3 is 2.71 bits per heavy atom. The molecule has 94 valence electrons. The molecule has 1 aromatic rings. The third-order valence-corrected chi connectivity index (χ3v) is 4.79. The van der Waals surface area contributed by atoms with Crippen LogP contribution in [0.4, 0.5) is 0 Å². The van der Waals surface area contributed by atoms with E-state index in [-0.39, 0.29) is 17.0 Å². The first-order valence-corrected chi connectivity index (χ1v) is 6.83. The molecule has 17 heavy (non-hydrogen) atoms. The maximum atomic E-state index is 11.9. The van der Waals surface area contributed by atoms with Gasteiger partial charge in [0, 0.05) is 6.20 Å². The molecule has 0 aliphatic heterocycles. The maximum absolute atomic E-state index is 11.9. The van der Waals surface area contributed by atoms with Crippen LogP contribution in [0.1, 0.15) is 36.3 Å². The summed E-state index contributed by atoms with van der Waals surface area (Å²) in [6.07, 6.45) is 2.74. The van der Waals surface area contributed by atoms with E-state index in [4.69, 9.17) is 5.11 Å². The Hall–Kier alpha value is -1.50. The first-order valence-electron chi connectivity index (χ1n) is 5.12. The fraction of sp³-hybridized carbons (Fsp3) is 0.500. The van der Waals surface area contributed by atoms with Crippen molar-refractivity contribution in [3.05, 3.63) is 23.8 Å². The summed E-state index contributed by atoms with van der Waals surface area (Å²) in [6.45, 7) is 3.36. The van der Waals surface area contributed by atoms with E-state index in [9.17, 15) is 13.2 Å². The molecule has 1 unspecified atom stereocenters. The largest absolute Gasteiger partial charge is 0.478 e. The summed E-state index contributed by atoms with van der Waals surface area (Å²) in [5.74, 6) is -1.59. The number of aromatic carboxylic acids is 1. The number of sulfone groups is 1. The number of hydrogen-bond donors (Lipinski definition) is 1. The molecule has 0 fully saturated rings. The summed E-state index contributed by atoms with van der Waals surface area (Å²) < 4.78 is 23.7. The summed E-state index contributed by atoms with van der Waals surface area (Å²) >= 11 is 0. The highest BCUT2D eigenvalue weighted by Gasteiger charge is 2.23. The van der Waals surface area contributed by atoms with Gasteiger partial charge < -0.3 is 5.11 Å². The van der Waals surface area contributed by atoms with Gasteiger partial charge in [0.1, 0.15) is 11.9 Å². The van der Waals surface area contributed by atoms with E-state index < -0.39 is 21.1 Å². The number of carboxylic acids is 1. The van der Waals surface area contributed by atoms with Crippen molar-refractivity contribution in [2.24, 2.45) is 0 Å². The molecule has 0 aliphatic rings. The minimum atomic E-state index is -3.37. The second-order valence-electron chi connectivity index (χ2n) is 3.71. The molecular weight excluding hydrogens is 244 g/mol. The molecule has 0 aromatic carbocycles. The lowest BCUT2D eigenvalue weighted by Gasteiger charge is -2.10. The molecule has 7 heteroatoms. The minimum Gasteiger partial charge on any atom is -0.478 e. The first kappa shape index (κ1) is 13.6. The predicted octanol–water partition coefficient (Wildman–Crippen LogP) is 0.888. The lowest BCUT2D eigenvalue weighted by atomic mass is 10.2. The Bertz CT molecular complexity index is 513. The van der Waals surface area contributed by atoms with Gasteiger partial charge in [-0.25, -0.2) is 23.2 Å². The first-order chi connectivity index (χ1) is 7.88. The summed E-state index contributed by atoms with van der Waals surface area (Å²) in [5, 5.41) is 8.37. The molecule has 1 N–H and O–H groups in total. The Kier molecular flexibility index (Phi) is 4.17. The molecule has 0 bridgehead atoms. The third kappa shape index (κ3) is 3.23. The van der Waals surface area contributed by atoms with Crippen LogP contribution in [-0.2, 0) is 15.6 Å². The number of carbonyl (C=O) groups is 1. The summed E-state index contributed by atoms with van der Waals surface area (Å²) in [7, 11) is -3.37. The van der Waals surface area contributed by atoms with Crippen LogP contribution in [0.25, 0.3) is 0 Å². The van der Waals surface area contributed by atoms with Crippen LogP contribution in [0, 0.1) is 0 Å². The molecule has 6 nitrogen and oxygen atoms in total. The quantitative estimate of drug-likeness (QED) is 0.842. The zero-order chi connectivity index (χ0) is 13.1. The molecule has 0 amide bonds. The molecule has 1 atom stereocenters. The minimum absolute atomic E-state index is 0.0350. The zero-order valence-corrected chi connectivity index (χ0v) is 10.4. The lowest BCUT2D eigenvalue weighted by Crippen LogP contribution is -2.21. The number of aromatic nitrogens is 2. The Morgan fingerprint density at radius 2 is 2.18 bits per heavy atom. The highest BCUT2D eigenvalue weighted by Crippen LogP contribution is 2.14. The van der Waals surface area contributed by atoms with Crippen molar-refractivity contribution in [1.29, 1.82) is 0 Å². The highest BCUT2D eigenvalue weighted by molar-refractivity contribution is 7.91. The van der Waals surface area contributed by atoms with Crippen molar-refractivity contribution in [1.82, 2.24) is 9.97 Å². The number of carboxylic acid groups (broad SMARTS) is 1. The zero-order valence-electron chi connectivity index (χ0n) is 9.62. The van der Waals surface area contributed by atoms with E-state index in [1.54, 1.807) is 13.8 Å². The van der Waals surface area contributed by atoms with Crippen LogP contribution in [0.2, 0.25) is 0 Å². The summed E-state index contributed by atoms with van der Waals surface area (Å²) in [6, 6.07) is 0. The molecule has 0 radical (unpaired) electrons. The van der Waals surface area contributed by atoms with Gasteiger partial charge in [0.15, 0.2) is 9.84 Å². The van der Waals surface area contributed by atoms with Gasteiger partial charge in [-0.1, -0.05) is 6.92 Å². The lowest BCUT2D eigenvalue weighted by molar-refractivity contribution is 0.0695. The fourth-order valence-electron chi connectivity index (χ4n) is 1.24. The smallest absolute Gasteiger partial charge is 0.339 e. The van der Waals surface area contributed by atoms with Gasteiger partial charge in [-0.05, 0) is 13.3 Å². The number of rotatable bonds is 5. The second kappa shape index (κ2) is 5.22. The van der Waals surface area contributed by atoms with E-state index >= 15 is 0 Å². The van der Waals surface area contributed by atoms with Crippen LogP contribution >= 0.6 is 0 Å². The van der Waals surface area contributed by atoms with E-state index in [1.165, 1.54) is 0 Å². The van der Waals surface area contributed by atoms with Crippen molar-refractivity contribution in [2.75, 3.05) is 0 Å². The monoisotopic (exact) mass is 258 g/mol. The van der Waals surface area contributed by atoms with Gasteiger partial charge in [-0.3, -0.25) is 0 Å². The second-order valence-corrected chi connectivity index (χ2v) is 6.13. The molecule has 1 heterocycles. The van der Waals surface area contributed by atoms with E-state index in [1.807, 2.05) is 0 Å². The molecule has 0 spiro atoms. The van der Waals surface area contributed by atoms with Crippen molar-refractivity contribution in [2.45, 2.75) is 31.3 Å². The molecule has 1 aromatic heterocycles.